The molecule has 32 heavy (non-hydrogen) atoms. The van der Waals surface area contributed by atoms with E-state index < -0.39 is 0 Å². The number of amides is 1. The summed E-state index contributed by atoms with van der Waals surface area (Å²) in [6.07, 6.45) is 0. The highest BCUT2D eigenvalue weighted by Gasteiger charge is 2.25. The molecule has 0 radical (unpaired) electrons. The van der Waals surface area contributed by atoms with E-state index in [1.54, 1.807) is 38.4 Å². The van der Waals surface area contributed by atoms with Crippen LogP contribution in [0.15, 0.2) is 36.4 Å². The average Bonchev–Trinajstić information content (AvgIpc) is 3.26. The number of likely N-dealkylation sites (N-methyl/N-ethyl adjacent to an activating group) is 1. The maximum atomic E-state index is 13.6. The van der Waals surface area contributed by atoms with Gasteiger partial charge in [-0.25, -0.2) is 4.98 Å². The Balaban J connectivity index is 0.00000363. The fourth-order valence-electron chi connectivity index (χ4n) is 3.42. The van der Waals surface area contributed by atoms with Crippen LogP contribution in [0.5, 0.6) is 17.2 Å². The first kappa shape index (κ1) is 25.7. The highest BCUT2D eigenvalue weighted by molar-refractivity contribution is 7.22. The van der Waals surface area contributed by atoms with Gasteiger partial charge in [0.25, 0.3) is 5.91 Å². The summed E-state index contributed by atoms with van der Waals surface area (Å²) in [6.45, 7) is 7.29. The van der Waals surface area contributed by atoms with Crippen molar-refractivity contribution >= 4 is 45.0 Å². The van der Waals surface area contributed by atoms with Gasteiger partial charge in [-0.15, -0.1) is 12.4 Å². The molecule has 0 unspecified atom stereocenters. The van der Waals surface area contributed by atoms with Crippen molar-refractivity contribution in [3.63, 3.8) is 0 Å². The van der Waals surface area contributed by atoms with Crippen molar-refractivity contribution in [3.8, 4) is 17.2 Å². The first-order chi connectivity index (χ1) is 15.1. The van der Waals surface area contributed by atoms with Gasteiger partial charge in [0, 0.05) is 13.1 Å². The molecule has 0 bridgehead atoms. The number of para-hydroxylation sites is 1. The lowest BCUT2D eigenvalue weighted by Gasteiger charge is -2.25. The first-order valence-corrected chi connectivity index (χ1v) is 11.1. The molecule has 2 aromatic carbocycles. The maximum Gasteiger partial charge on any atom is 0.263 e. The topological polar surface area (TPSA) is 64.1 Å². The van der Waals surface area contributed by atoms with Crippen LogP contribution < -0.4 is 19.1 Å². The maximum absolute atomic E-state index is 13.6. The van der Waals surface area contributed by atoms with Gasteiger partial charge in [-0.2, -0.15) is 0 Å². The molecule has 0 atom stereocenters. The Morgan fingerprint density at radius 2 is 1.53 bits per heavy atom. The second-order valence-corrected chi connectivity index (χ2v) is 7.81. The van der Waals surface area contributed by atoms with E-state index in [0.717, 1.165) is 24.3 Å². The molecule has 0 saturated carbocycles. The van der Waals surface area contributed by atoms with Crippen LogP contribution >= 0.6 is 23.7 Å². The number of halogens is 1. The zero-order chi connectivity index (χ0) is 22.4. The summed E-state index contributed by atoms with van der Waals surface area (Å²) in [7, 11) is 4.80. The Hall–Kier alpha value is -2.55. The minimum absolute atomic E-state index is 0. The van der Waals surface area contributed by atoms with Crippen LogP contribution in [0, 0.1) is 0 Å². The molecule has 0 aliphatic heterocycles. The van der Waals surface area contributed by atoms with E-state index in [4.69, 9.17) is 19.2 Å². The minimum atomic E-state index is -0.151. The third kappa shape index (κ3) is 5.26. The lowest BCUT2D eigenvalue weighted by molar-refractivity contribution is 0.0981. The van der Waals surface area contributed by atoms with Crippen LogP contribution in [-0.2, 0) is 0 Å². The molecule has 1 aromatic heterocycles. The Bertz CT molecular complexity index is 998. The summed E-state index contributed by atoms with van der Waals surface area (Å²) in [6, 6.07) is 10.9. The van der Waals surface area contributed by atoms with Crippen molar-refractivity contribution in [1.29, 1.82) is 0 Å². The molecule has 1 heterocycles. The number of thiazole rings is 1. The quantitative estimate of drug-likeness (QED) is 0.418. The number of anilines is 1. The summed E-state index contributed by atoms with van der Waals surface area (Å²) in [5.74, 6) is 1.73. The number of carbonyl (C=O) groups excluding carboxylic acids is 1. The van der Waals surface area contributed by atoms with Crippen molar-refractivity contribution in [1.82, 2.24) is 9.88 Å². The Morgan fingerprint density at radius 1 is 0.906 bits per heavy atom. The number of hydrogen-bond acceptors (Lipinski definition) is 7. The molecular formula is C23H30ClN3O4S. The summed E-state index contributed by atoms with van der Waals surface area (Å²) in [5, 5.41) is 0.598. The minimum Gasteiger partial charge on any atom is -0.496 e. The van der Waals surface area contributed by atoms with E-state index in [0.29, 0.717) is 40.0 Å². The fraction of sp³-hybridized carbons (Fsp3) is 0.391. The van der Waals surface area contributed by atoms with Crippen LogP contribution in [0.2, 0.25) is 0 Å². The number of ether oxygens (including phenoxy) is 3. The van der Waals surface area contributed by atoms with Gasteiger partial charge in [0.1, 0.15) is 27.5 Å². The third-order valence-electron chi connectivity index (χ3n) is 5.25. The molecule has 0 spiro atoms. The van der Waals surface area contributed by atoms with Crippen LogP contribution in [0.25, 0.3) is 10.2 Å². The van der Waals surface area contributed by atoms with Crippen molar-refractivity contribution in [3.05, 3.63) is 42.0 Å². The van der Waals surface area contributed by atoms with Crippen molar-refractivity contribution in [2.24, 2.45) is 0 Å². The van der Waals surface area contributed by atoms with Gasteiger partial charge in [0.05, 0.1) is 26.9 Å². The second kappa shape index (κ2) is 11.9. The van der Waals surface area contributed by atoms with Crippen LogP contribution in [0.4, 0.5) is 5.13 Å². The number of methoxy groups -OCH3 is 3. The Kier molecular flexibility index (Phi) is 9.56. The molecular weight excluding hydrogens is 450 g/mol. The van der Waals surface area contributed by atoms with E-state index in [1.807, 2.05) is 24.3 Å². The zero-order valence-electron chi connectivity index (χ0n) is 19.1. The first-order valence-electron chi connectivity index (χ1n) is 10.3. The molecule has 1 amide bonds. The largest absolute Gasteiger partial charge is 0.496 e. The molecule has 174 valence electrons. The van der Waals surface area contributed by atoms with Gasteiger partial charge in [0.2, 0.25) is 0 Å². The highest BCUT2D eigenvalue weighted by atomic mass is 35.5. The molecule has 0 N–H and O–H groups in total. The molecule has 0 aliphatic carbocycles. The SMILES string of the molecule is CCN(CC)CCN(C(=O)c1ccccc1OC)c1nc2c(OC)ccc(OC)c2s1.Cl. The van der Waals surface area contributed by atoms with Crippen molar-refractivity contribution < 1.29 is 19.0 Å². The predicted octanol–water partition coefficient (Wildman–Crippen LogP) is 4.73. The van der Waals surface area contributed by atoms with Crippen LogP contribution in [0.3, 0.4) is 0 Å². The number of hydrogen-bond donors (Lipinski definition) is 0. The Morgan fingerprint density at radius 3 is 2.16 bits per heavy atom. The molecule has 3 rings (SSSR count). The molecule has 0 aliphatic rings. The van der Waals surface area contributed by atoms with E-state index >= 15 is 0 Å². The molecule has 0 fully saturated rings. The summed E-state index contributed by atoms with van der Waals surface area (Å²) < 4.78 is 17.3. The number of rotatable bonds is 10. The monoisotopic (exact) mass is 479 g/mol. The fourth-order valence-corrected chi connectivity index (χ4v) is 4.52. The van der Waals surface area contributed by atoms with Gasteiger partial charge in [-0.1, -0.05) is 37.3 Å². The third-order valence-corrected chi connectivity index (χ3v) is 6.34. The van der Waals surface area contributed by atoms with Gasteiger partial charge in [-0.3, -0.25) is 9.69 Å². The predicted molar refractivity (Wildman–Crippen MR) is 132 cm³/mol. The highest BCUT2D eigenvalue weighted by Crippen LogP contribution is 2.40. The molecule has 9 heteroatoms. The Labute approximate surface area is 199 Å². The molecule has 7 nitrogen and oxygen atoms in total. The van der Waals surface area contributed by atoms with Crippen molar-refractivity contribution in [2.75, 3.05) is 52.4 Å². The lowest BCUT2D eigenvalue weighted by atomic mass is 10.1. The standard InChI is InChI=1S/C23H29N3O4S.ClH/c1-6-25(7-2)14-15-26(22(27)16-10-8-9-11-17(16)28-3)23-24-20-18(29-4)12-13-19(30-5)21(20)31-23;/h8-13H,6-7,14-15H2,1-5H3;1H. The van der Waals surface area contributed by atoms with Gasteiger partial charge in [0.15, 0.2) is 5.13 Å². The average molecular weight is 480 g/mol. The molecule has 0 saturated heterocycles. The number of nitrogens with zero attached hydrogens (tertiary/aromatic N) is 3. The van der Waals surface area contributed by atoms with E-state index in [9.17, 15) is 4.79 Å². The summed E-state index contributed by atoms with van der Waals surface area (Å²) >= 11 is 1.42. The van der Waals surface area contributed by atoms with E-state index in [2.05, 4.69) is 18.7 Å². The van der Waals surface area contributed by atoms with Crippen LogP contribution in [-0.4, -0.2) is 63.3 Å². The number of aromatic nitrogens is 1. The lowest BCUT2D eigenvalue weighted by Crippen LogP contribution is -2.39. The number of benzene rings is 2. The van der Waals surface area contributed by atoms with Gasteiger partial charge >= 0.3 is 0 Å². The smallest absolute Gasteiger partial charge is 0.263 e. The van der Waals surface area contributed by atoms with Crippen LogP contribution in [0.1, 0.15) is 24.2 Å². The summed E-state index contributed by atoms with van der Waals surface area (Å²) in [5.41, 5.74) is 1.19. The van der Waals surface area contributed by atoms with E-state index in [-0.39, 0.29) is 18.3 Å². The second-order valence-electron chi connectivity index (χ2n) is 6.83. The van der Waals surface area contributed by atoms with E-state index in [1.165, 1.54) is 11.3 Å². The number of fused-ring (bicyclic) bond motifs is 1. The van der Waals surface area contributed by atoms with Gasteiger partial charge in [-0.05, 0) is 37.4 Å². The zero-order valence-corrected chi connectivity index (χ0v) is 20.7. The number of carbonyl (C=O) groups is 1. The molecule has 3 aromatic rings. The summed E-state index contributed by atoms with van der Waals surface area (Å²) in [4.78, 5) is 22.4. The normalized spacial score (nSPS) is 10.7. The van der Waals surface area contributed by atoms with Gasteiger partial charge < -0.3 is 19.1 Å². The van der Waals surface area contributed by atoms with Crippen molar-refractivity contribution in [2.45, 2.75) is 13.8 Å².